The van der Waals surface area contributed by atoms with Crippen molar-refractivity contribution in [3.8, 4) is 0 Å². The molecular weight excluding hydrogens is 160 g/mol. The van der Waals surface area contributed by atoms with E-state index in [1.165, 1.54) is 12.4 Å². The summed E-state index contributed by atoms with van der Waals surface area (Å²) in [7, 11) is -1.38. The monoisotopic (exact) mass is 168 g/mol. The lowest BCUT2D eigenvalue weighted by molar-refractivity contribution is 0.425. The maximum Gasteiger partial charge on any atom is 0.488 e. The molecule has 0 spiro atoms. The molecule has 0 bridgehead atoms. The lowest BCUT2D eigenvalue weighted by Gasteiger charge is -1.93. The van der Waals surface area contributed by atoms with Gasteiger partial charge in [0.05, 0.1) is 0 Å². The average Bonchev–Trinajstić information content (AvgIpc) is 2.07. The fourth-order valence-electron chi connectivity index (χ4n) is 0.536. The van der Waals surface area contributed by atoms with Crippen LogP contribution in [-0.2, 0) is 0 Å². The minimum Gasteiger partial charge on any atom is -0.429 e. The second kappa shape index (κ2) is 6.81. The van der Waals surface area contributed by atoms with Crippen molar-refractivity contribution in [2.24, 2.45) is 0 Å². The molecule has 1 aromatic heterocycles. The lowest BCUT2D eigenvalue weighted by atomic mass is 9.81. The molecule has 4 N–H and O–H groups in total. The second-order valence-electron chi connectivity index (χ2n) is 1.77. The van der Waals surface area contributed by atoms with Crippen LogP contribution in [0, 0.1) is 0 Å². The highest BCUT2D eigenvalue weighted by Gasteiger charge is 2.07. The Kier molecular flexibility index (Phi) is 6.31. The summed E-state index contributed by atoms with van der Waals surface area (Å²) in [6.45, 7) is 0. The SMILES string of the molecule is OB(O)c1ccncc1.O[B]O. The van der Waals surface area contributed by atoms with E-state index in [0.717, 1.165) is 0 Å². The predicted octanol–water partition coefficient (Wildman–Crippen LogP) is -2.73. The van der Waals surface area contributed by atoms with Crippen molar-refractivity contribution in [3.63, 3.8) is 0 Å². The third-order valence-electron chi connectivity index (χ3n) is 1.00. The minimum absolute atomic E-state index is 0. The molecule has 0 amide bonds. The zero-order valence-electron chi connectivity index (χ0n) is 6.20. The van der Waals surface area contributed by atoms with Gasteiger partial charge in [0.1, 0.15) is 0 Å². The van der Waals surface area contributed by atoms with Crippen molar-refractivity contribution in [1.29, 1.82) is 0 Å². The molecule has 0 saturated carbocycles. The van der Waals surface area contributed by atoms with Crippen LogP contribution in [-0.4, -0.2) is 39.9 Å². The normalized spacial score (nSPS) is 8.00. The van der Waals surface area contributed by atoms with E-state index in [2.05, 4.69) is 4.98 Å². The predicted molar refractivity (Wildman–Crippen MR) is 44.3 cm³/mol. The molecule has 0 saturated heterocycles. The molecule has 7 heteroatoms. The number of hydrogen-bond acceptors (Lipinski definition) is 5. The molecule has 1 rings (SSSR count). The summed E-state index contributed by atoms with van der Waals surface area (Å²) in [5, 5.41) is 31.1. The summed E-state index contributed by atoms with van der Waals surface area (Å²) in [5.74, 6) is 0. The Hall–Kier alpha value is -0.880. The van der Waals surface area contributed by atoms with Gasteiger partial charge in [-0.25, -0.2) is 0 Å². The van der Waals surface area contributed by atoms with Crippen LogP contribution in [0.1, 0.15) is 0 Å². The van der Waals surface area contributed by atoms with Gasteiger partial charge in [-0.3, -0.25) is 4.98 Å². The number of pyridine rings is 1. The Balaban J connectivity index is 0.000000354. The first-order valence-corrected chi connectivity index (χ1v) is 3.08. The number of aromatic nitrogens is 1. The van der Waals surface area contributed by atoms with Crippen LogP contribution in [0.5, 0.6) is 0 Å². The summed E-state index contributed by atoms with van der Waals surface area (Å²) in [6.07, 6.45) is 3.02. The molecule has 1 heterocycles. The molecule has 12 heavy (non-hydrogen) atoms. The maximum absolute atomic E-state index is 8.55. The van der Waals surface area contributed by atoms with E-state index in [9.17, 15) is 0 Å². The third kappa shape index (κ3) is 4.86. The van der Waals surface area contributed by atoms with Crippen LogP contribution in [0.15, 0.2) is 24.5 Å². The Morgan fingerprint density at radius 3 is 1.83 bits per heavy atom. The zero-order chi connectivity index (χ0) is 9.40. The Morgan fingerprint density at radius 2 is 1.58 bits per heavy atom. The van der Waals surface area contributed by atoms with Gasteiger partial charge in [0.25, 0.3) is 0 Å². The number of hydrogen-bond donors (Lipinski definition) is 4. The molecule has 0 fully saturated rings. The van der Waals surface area contributed by atoms with Crippen molar-refractivity contribution < 1.29 is 20.1 Å². The van der Waals surface area contributed by atoms with Crippen LogP contribution >= 0.6 is 0 Å². The molecule has 63 valence electrons. The van der Waals surface area contributed by atoms with E-state index in [0.29, 0.717) is 5.46 Å². The molecule has 0 aromatic carbocycles. The molecule has 0 unspecified atom stereocenters. The Labute approximate surface area is 70.8 Å². The summed E-state index contributed by atoms with van der Waals surface area (Å²) in [4.78, 5) is 3.71. The fourth-order valence-corrected chi connectivity index (χ4v) is 0.536. The van der Waals surface area contributed by atoms with Crippen molar-refractivity contribution in [3.05, 3.63) is 24.5 Å². The van der Waals surface area contributed by atoms with Crippen molar-refractivity contribution in [1.82, 2.24) is 4.98 Å². The standard InChI is InChI=1S/C5H6BNO2.BH2O2/c8-6(9)5-1-3-7-4-2-5;2-1-3/h1-4,8-9H;2-3H. The van der Waals surface area contributed by atoms with Gasteiger partial charge in [-0.15, -0.1) is 0 Å². The lowest BCUT2D eigenvalue weighted by Crippen LogP contribution is -2.29. The first-order valence-electron chi connectivity index (χ1n) is 3.08. The zero-order valence-corrected chi connectivity index (χ0v) is 6.20. The van der Waals surface area contributed by atoms with Gasteiger partial charge in [-0.2, -0.15) is 0 Å². The maximum atomic E-state index is 8.55. The van der Waals surface area contributed by atoms with Crippen LogP contribution in [0.4, 0.5) is 0 Å². The largest absolute Gasteiger partial charge is 0.488 e. The van der Waals surface area contributed by atoms with Crippen LogP contribution in [0.2, 0.25) is 0 Å². The summed E-state index contributed by atoms with van der Waals surface area (Å²) in [5.41, 5.74) is 0.463. The number of rotatable bonds is 1. The molecular formula is C5H8B2NO4. The Bertz CT molecular complexity index is 196. The topological polar surface area (TPSA) is 93.8 Å². The van der Waals surface area contributed by atoms with E-state index in [-0.39, 0.29) is 7.69 Å². The van der Waals surface area contributed by atoms with Gasteiger partial charge in [0, 0.05) is 12.4 Å². The van der Waals surface area contributed by atoms with Gasteiger partial charge < -0.3 is 20.1 Å². The summed E-state index contributed by atoms with van der Waals surface area (Å²) >= 11 is 0. The van der Waals surface area contributed by atoms with Gasteiger partial charge in [0.15, 0.2) is 0 Å². The van der Waals surface area contributed by atoms with E-state index in [1.54, 1.807) is 12.1 Å². The summed E-state index contributed by atoms with van der Waals surface area (Å²) < 4.78 is 0. The summed E-state index contributed by atoms with van der Waals surface area (Å²) in [6, 6.07) is 3.09. The highest BCUT2D eigenvalue weighted by Crippen LogP contribution is 1.77. The minimum atomic E-state index is -1.38. The molecule has 0 atom stereocenters. The number of nitrogens with zero attached hydrogens (tertiary/aromatic N) is 1. The first-order chi connectivity index (χ1) is 5.72. The van der Waals surface area contributed by atoms with Crippen LogP contribution in [0.3, 0.4) is 0 Å². The van der Waals surface area contributed by atoms with Gasteiger partial charge in [-0.1, -0.05) is 0 Å². The second-order valence-corrected chi connectivity index (χ2v) is 1.77. The molecule has 1 aromatic rings. The quantitative estimate of drug-likeness (QED) is 0.341. The third-order valence-corrected chi connectivity index (χ3v) is 1.00. The molecule has 5 nitrogen and oxygen atoms in total. The van der Waals surface area contributed by atoms with Crippen molar-refractivity contribution in [2.75, 3.05) is 0 Å². The van der Waals surface area contributed by atoms with Crippen LogP contribution in [0.25, 0.3) is 0 Å². The first kappa shape index (κ1) is 11.1. The van der Waals surface area contributed by atoms with Crippen molar-refractivity contribution >= 4 is 20.3 Å². The fraction of sp³-hybridized carbons (Fsp3) is 0. The van der Waals surface area contributed by atoms with E-state index >= 15 is 0 Å². The highest BCUT2D eigenvalue weighted by molar-refractivity contribution is 6.58. The van der Waals surface area contributed by atoms with E-state index < -0.39 is 7.12 Å². The molecule has 0 aliphatic carbocycles. The van der Waals surface area contributed by atoms with Crippen LogP contribution < -0.4 is 5.46 Å². The van der Waals surface area contributed by atoms with Gasteiger partial charge in [0.2, 0.25) is 0 Å². The van der Waals surface area contributed by atoms with Crippen molar-refractivity contribution in [2.45, 2.75) is 0 Å². The molecule has 0 aliphatic heterocycles. The molecule has 1 radical (unpaired) electrons. The smallest absolute Gasteiger partial charge is 0.429 e. The van der Waals surface area contributed by atoms with E-state index in [4.69, 9.17) is 20.1 Å². The van der Waals surface area contributed by atoms with E-state index in [1.807, 2.05) is 0 Å². The van der Waals surface area contributed by atoms with Gasteiger partial charge in [-0.05, 0) is 17.6 Å². The Morgan fingerprint density at radius 1 is 1.17 bits per heavy atom. The molecule has 0 aliphatic rings. The average molecular weight is 168 g/mol. The van der Waals surface area contributed by atoms with Gasteiger partial charge >= 0.3 is 14.8 Å². The highest BCUT2D eigenvalue weighted by atomic mass is 16.4.